The van der Waals surface area contributed by atoms with Crippen LogP contribution in [-0.4, -0.2) is 12.6 Å². The lowest BCUT2D eigenvalue weighted by atomic mass is 10.1. The van der Waals surface area contributed by atoms with E-state index in [1.165, 1.54) is 6.07 Å². The Morgan fingerprint density at radius 2 is 1.90 bits per heavy atom. The molecular weight excluding hydrogens is 271 g/mol. The van der Waals surface area contributed by atoms with Gasteiger partial charge in [0, 0.05) is 5.69 Å². The third kappa shape index (κ3) is 5.11. The molecule has 0 aliphatic carbocycles. The molecule has 112 valence electrons. The molecule has 1 aromatic carbocycles. The van der Waals surface area contributed by atoms with Crippen molar-refractivity contribution < 1.29 is 22.7 Å². The van der Waals surface area contributed by atoms with Crippen LogP contribution < -0.4 is 5.73 Å². The Morgan fingerprint density at radius 1 is 1.20 bits per heavy atom. The normalized spacial score (nSPS) is 11.4. The molecule has 1 aromatic rings. The number of anilines is 1. The van der Waals surface area contributed by atoms with Crippen molar-refractivity contribution in [2.45, 2.75) is 38.8 Å². The van der Waals surface area contributed by atoms with Crippen LogP contribution in [0, 0.1) is 0 Å². The fourth-order valence-corrected chi connectivity index (χ4v) is 1.71. The quantitative estimate of drug-likeness (QED) is 0.489. The highest BCUT2D eigenvalue weighted by atomic mass is 19.4. The molecule has 0 unspecified atom stereocenters. The first kappa shape index (κ1) is 16.3. The topological polar surface area (TPSA) is 52.3 Å². The summed E-state index contributed by atoms with van der Waals surface area (Å²) in [4.78, 5) is 11.7. The summed E-state index contributed by atoms with van der Waals surface area (Å²) < 4.78 is 42.7. The molecule has 3 nitrogen and oxygen atoms in total. The molecule has 0 bridgehead atoms. The molecule has 2 N–H and O–H groups in total. The number of carbonyl (C=O) groups excluding carboxylic acids is 1. The van der Waals surface area contributed by atoms with Gasteiger partial charge in [0.05, 0.1) is 17.7 Å². The lowest BCUT2D eigenvalue weighted by molar-refractivity contribution is -0.137. The van der Waals surface area contributed by atoms with Crippen molar-refractivity contribution in [3.8, 4) is 0 Å². The standard InChI is InChI=1S/C14H18F3NO2/c1-2-3-4-5-6-20-13(19)10-7-11(14(15,16)17)9-12(18)8-10/h7-9H,2-6,18H2,1H3. The summed E-state index contributed by atoms with van der Waals surface area (Å²) in [7, 11) is 0. The van der Waals surface area contributed by atoms with Crippen molar-refractivity contribution in [3.05, 3.63) is 29.3 Å². The van der Waals surface area contributed by atoms with Gasteiger partial charge in [0.15, 0.2) is 0 Å². The van der Waals surface area contributed by atoms with Gasteiger partial charge in [-0.05, 0) is 24.6 Å². The van der Waals surface area contributed by atoms with Crippen LogP contribution in [0.1, 0.15) is 48.5 Å². The molecule has 0 radical (unpaired) electrons. The molecule has 0 saturated carbocycles. The molecule has 0 aliphatic rings. The summed E-state index contributed by atoms with van der Waals surface area (Å²) in [5, 5.41) is 0. The molecule has 0 aliphatic heterocycles. The average molecular weight is 289 g/mol. The Bertz CT molecular complexity index is 458. The van der Waals surface area contributed by atoms with Gasteiger partial charge < -0.3 is 10.5 Å². The molecule has 0 aromatic heterocycles. The average Bonchev–Trinajstić information content (AvgIpc) is 2.36. The number of benzene rings is 1. The predicted octanol–water partition coefficient (Wildman–Crippen LogP) is 4.02. The molecule has 0 fully saturated rings. The fourth-order valence-electron chi connectivity index (χ4n) is 1.71. The number of carbonyl (C=O) groups is 1. The largest absolute Gasteiger partial charge is 0.462 e. The second-order valence-corrected chi connectivity index (χ2v) is 4.54. The van der Waals surface area contributed by atoms with Crippen molar-refractivity contribution in [2.75, 3.05) is 12.3 Å². The summed E-state index contributed by atoms with van der Waals surface area (Å²) in [5.41, 5.74) is 4.15. The zero-order valence-corrected chi connectivity index (χ0v) is 11.3. The first-order chi connectivity index (χ1) is 9.34. The van der Waals surface area contributed by atoms with E-state index in [0.717, 1.165) is 31.4 Å². The Labute approximate surface area is 115 Å². The second-order valence-electron chi connectivity index (χ2n) is 4.54. The van der Waals surface area contributed by atoms with Crippen LogP contribution in [0.15, 0.2) is 18.2 Å². The third-order valence-electron chi connectivity index (χ3n) is 2.75. The first-order valence-corrected chi connectivity index (χ1v) is 6.49. The van der Waals surface area contributed by atoms with Crippen LogP contribution in [0.3, 0.4) is 0 Å². The van der Waals surface area contributed by atoms with E-state index in [9.17, 15) is 18.0 Å². The Hall–Kier alpha value is -1.72. The minimum Gasteiger partial charge on any atom is -0.462 e. The number of rotatable bonds is 6. The number of alkyl halides is 3. The zero-order valence-electron chi connectivity index (χ0n) is 11.3. The SMILES string of the molecule is CCCCCCOC(=O)c1cc(N)cc(C(F)(F)F)c1. The predicted molar refractivity (Wildman–Crippen MR) is 70.3 cm³/mol. The molecule has 1 rings (SSSR count). The van der Waals surface area contributed by atoms with E-state index in [1.54, 1.807) is 0 Å². The number of halogens is 3. The summed E-state index contributed by atoms with van der Waals surface area (Å²) in [6.45, 7) is 2.26. The first-order valence-electron chi connectivity index (χ1n) is 6.49. The number of hydrogen-bond donors (Lipinski definition) is 1. The van der Waals surface area contributed by atoms with Crippen LogP contribution in [0.5, 0.6) is 0 Å². The van der Waals surface area contributed by atoms with Crippen LogP contribution in [0.4, 0.5) is 18.9 Å². The Morgan fingerprint density at radius 3 is 2.50 bits per heavy atom. The van der Waals surface area contributed by atoms with Gasteiger partial charge in [-0.15, -0.1) is 0 Å². The smallest absolute Gasteiger partial charge is 0.416 e. The van der Waals surface area contributed by atoms with Gasteiger partial charge in [-0.2, -0.15) is 13.2 Å². The van der Waals surface area contributed by atoms with E-state index in [0.29, 0.717) is 6.42 Å². The maximum absolute atomic E-state index is 12.6. The van der Waals surface area contributed by atoms with E-state index in [1.807, 2.05) is 0 Å². The minimum absolute atomic E-state index is 0.113. The summed E-state index contributed by atoms with van der Waals surface area (Å²) >= 11 is 0. The van der Waals surface area contributed by atoms with Crippen LogP contribution >= 0.6 is 0 Å². The summed E-state index contributed by atoms with van der Waals surface area (Å²) in [5.74, 6) is -0.778. The lowest BCUT2D eigenvalue weighted by Crippen LogP contribution is -2.11. The van der Waals surface area contributed by atoms with Crippen molar-refractivity contribution in [1.82, 2.24) is 0 Å². The highest BCUT2D eigenvalue weighted by molar-refractivity contribution is 5.90. The van der Waals surface area contributed by atoms with Crippen molar-refractivity contribution in [2.24, 2.45) is 0 Å². The Kier molecular flexibility index (Phi) is 5.85. The molecule has 20 heavy (non-hydrogen) atoms. The molecule has 0 heterocycles. The van der Waals surface area contributed by atoms with Gasteiger partial charge in [0.2, 0.25) is 0 Å². The molecule has 0 saturated heterocycles. The molecule has 0 amide bonds. The molecule has 0 spiro atoms. The van der Waals surface area contributed by atoms with E-state index in [2.05, 4.69) is 6.92 Å². The fraction of sp³-hybridized carbons (Fsp3) is 0.500. The summed E-state index contributed by atoms with van der Waals surface area (Å²) in [6, 6.07) is 2.73. The number of hydrogen-bond acceptors (Lipinski definition) is 3. The highest BCUT2D eigenvalue weighted by Gasteiger charge is 2.31. The number of esters is 1. The van der Waals surface area contributed by atoms with Crippen molar-refractivity contribution >= 4 is 11.7 Å². The lowest BCUT2D eigenvalue weighted by Gasteiger charge is -2.10. The number of ether oxygens (including phenoxy) is 1. The number of nitrogens with two attached hydrogens (primary N) is 1. The third-order valence-corrected chi connectivity index (χ3v) is 2.75. The van der Waals surface area contributed by atoms with Crippen molar-refractivity contribution in [1.29, 1.82) is 0 Å². The van der Waals surface area contributed by atoms with E-state index in [-0.39, 0.29) is 17.9 Å². The van der Waals surface area contributed by atoms with Gasteiger partial charge in [0.25, 0.3) is 0 Å². The maximum atomic E-state index is 12.6. The molecule has 0 atom stereocenters. The van der Waals surface area contributed by atoms with Crippen molar-refractivity contribution in [3.63, 3.8) is 0 Å². The van der Waals surface area contributed by atoms with Crippen LogP contribution in [0.2, 0.25) is 0 Å². The number of nitrogen functional groups attached to an aromatic ring is 1. The summed E-state index contributed by atoms with van der Waals surface area (Å²) in [6.07, 6.45) is -0.819. The van der Waals surface area contributed by atoms with Crippen LogP contribution in [-0.2, 0) is 10.9 Å². The highest BCUT2D eigenvalue weighted by Crippen LogP contribution is 2.31. The Balaban J connectivity index is 2.66. The van der Waals surface area contributed by atoms with Gasteiger partial charge in [0.1, 0.15) is 0 Å². The minimum atomic E-state index is -4.54. The van der Waals surface area contributed by atoms with Gasteiger partial charge in [-0.3, -0.25) is 0 Å². The zero-order chi connectivity index (χ0) is 15.2. The van der Waals surface area contributed by atoms with Gasteiger partial charge in [-0.1, -0.05) is 26.2 Å². The second kappa shape index (κ2) is 7.17. The van der Waals surface area contributed by atoms with E-state index < -0.39 is 17.7 Å². The molecular formula is C14H18F3NO2. The maximum Gasteiger partial charge on any atom is 0.416 e. The number of unbranched alkanes of at least 4 members (excludes halogenated alkanes) is 3. The van der Waals surface area contributed by atoms with Gasteiger partial charge >= 0.3 is 12.1 Å². The van der Waals surface area contributed by atoms with Crippen LogP contribution in [0.25, 0.3) is 0 Å². The molecule has 6 heteroatoms. The van der Waals surface area contributed by atoms with E-state index >= 15 is 0 Å². The monoisotopic (exact) mass is 289 g/mol. The van der Waals surface area contributed by atoms with E-state index in [4.69, 9.17) is 10.5 Å². The van der Waals surface area contributed by atoms with Gasteiger partial charge in [-0.25, -0.2) is 4.79 Å².